The van der Waals surface area contributed by atoms with E-state index in [1.807, 2.05) is 26.0 Å². The second kappa shape index (κ2) is 8.37. The molecule has 0 radical (unpaired) electrons. The largest absolute Gasteiger partial charge is 0.478 e. The van der Waals surface area contributed by atoms with E-state index in [1.54, 1.807) is 23.1 Å². The minimum Gasteiger partial charge on any atom is -0.478 e. The number of hydrogen-bond acceptors (Lipinski definition) is 4. The van der Waals surface area contributed by atoms with Crippen molar-refractivity contribution in [3.05, 3.63) is 63.3 Å². The highest BCUT2D eigenvalue weighted by molar-refractivity contribution is 5.92. The quantitative estimate of drug-likeness (QED) is 0.826. The van der Waals surface area contributed by atoms with Crippen molar-refractivity contribution in [1.82, 2.24) is 14.9 Å². The third-order valence-corrected chi connectivity index (χ3v) is 4.99. The van der Waals surface area contributed by atoms with Gasteiger partial charge in [-0.1, -0.05) is 26.0 Å². The number of nitrogens with zero attached hydrogens (tertiary/aromatic N) is 2. The van der Waals surface area contributed by atoms with E-state index in [4.69, 9.17) is 5.11 Å². The van der Waals surface area contributed by atoms with E-state index in [0.29, 0.717) is 25.4 Å². The molecule has 1 aromatic carbocycles. The number of aromatic amines is 1. The van der Waals surface area contributed by atoms with Gasteiger partial charge in [0.05, 0.1) is 5.56 Å². The Morgan fingerprint density at radius 1 is 1.29 bits per heavy atom. The first kappa shape index (κ1) is 19.8. The molecule has 1 aromatic heterocycles. The van der Waals surface area contributed by atoms with Gasteiger partial charge in [-0.25, -0.2) is 9.59 Å². The van der Waals surface area contributed by atoms with Crippen molar-refractivity contribution in [2.75, 3.05) is 13.1 Å². The predicted octanol–water partition coefficient (Wildman–Crippen LogP) is 2.69. The van der Waals surface area contributed by atoms with Gasteiger partial charge in [-0.2, -0.15) is 4.98 Å². The maximum Gasteiger partial charge on any atom is 0.345 e. The Morgan fingerprint density at radius 2 is 2.00 bits per heavy atom. The molecule has 0 bridgehead atoms. The van der Waals surface area contributed by atoms with Crippen LogP contribution in [-0.2, 0) is 6.42 Å². The molecule has 1 aliphatic rings. The second-order valence-electron chi connectivity index (χ2n) is 7.71. The monoisotopic (exact) mass is 383 g/mol. The lowest BCUT2D eigenvalue weighted by Gasteiger charge is -2.33. The number of nitrogens with one attached hydrogen (secondary N) is 1. The SMILES string of the molecule is CC(C)Cc1cc(C(=O)N2CCC[C@H](c3ccc(C(=O)O)cc3)C2)nc(=O)[nH]1. The molecule has 7 nitrogen and oxygen atoms in total. The Bertz CT molecular complexity index is 918. The van der Waals surface area contributed by atoms with Gasteiger partial charge in [0.15, 0.2) is 0 Å². The fourth-order valence-corrected chi connectivity index (χ4v) is 3.66. The fourth-order valence-electron chi connectivity index (χ4n) is 3.66. The lowest BCUT2D eigenvalue weighted by atomic mass is 9.90. The molecule has 2 N–H and O–H groups in total. The van der Waals surface area contributed by atoms with Gasteiger partial charge in [0.25, 0.3) is 5.91 Å². The maximum absolute atomic E-state index is 12.9. The van der Waals surface area contributed by atoms with E-state index in [9.17, 15) is 14.4 Å². The van der Waals surface area contributed by atoms with Crippen molar-refractivity contribution < 1.29 is 14.7 Å². The smallest absolute Gasteiger partial charge is 0.345 e. The van der Waals surface area contributed by atoms with Crippen LogP contribution in [-0.4, -0.2) is 44.9 Å². The number of piperidine rings is 1. The lowest BCUT2D eigenvalue weighted by molar-refractivity contribution is 0.0692. The summed E-state index contributed by atoms with van der Waals surface area (Å²) in [5.74, 6) is -0.695. The number of likely N-dealkylation sites (tertiary alicyclic amines) is 1. The Hall–Kier alpha value is -2.96. The Labute approximate surface area is 163 Å². The topological polar surface area (TPSA) is 103 Å². The maximum atomic E-state index is 12.9. The van der Waals surface area contributed by atoms with Crippen molar-refractivity contribution in [1.29, 1.82) is 0 Å². The highest BCUT2D eigenvalue weighted by Crippen LogP contribution is 2.28. The van der Waals surface area contributed by atoms with E-state index >= 15 is 0 Å². The number of H-pyrrole nitrogens is 1. The number of carbonyl (C=O) groups is 2. The third-order valence-electron chi connectivity index (χ3n) is 4.99. The summed E-state index contributed by atoms with van der Waals surface area (Å²) in [6.07, 6.45) is 2.45. The van der Waals surface area contributed by atoms with E-state index < -0.39 is 11.7 Å². The van der Waals surface area contributed by atoms with Crippen LogP contribution in [0.15, 0.2) is 35.1 Å². The average Bonchev–Trinajstić information content (AvgIpc) is 2.66. The summed E-state index contributed by atoms with van der Waals surface area (Å²) in [6.45, 7) is 5.24. The molecule has 0 saturated carbocycles. The van der Waals surface area contributed by atoms with Crippen LogP contribution in [0.25, 0.3) is 0 Å². The molecule has 0 unspecified atom stereocenters. The number of aromatic nitrogens is 2. The number of rotatable bonds is 5. The van der Waals surface area contributed by atoms with Gasteiger partial charge in [-0.15, -0.1) is 0 Å². The van der Waals surface area contributed by atoms with Gasteiger partial charge in [-0.3, -0.25) is 4.79 Å². The van der Waals surface area contributed by atoms with E-state index in [-0.39, 0.29) is 23.1 Å². The van der Waals surface area contributed by atoms with Crippen molar-refractivity contribution in [2.45, 2.75) is 39.0 Å². The first-order valence-corrected chi connectivity index (χ1v) is 9.56. The first-order valence-electron chi connectivity index (χ1n) is 9.56. The summed E-state index contributed by atoms with van der Waals surface area (Å²) in [5.41, 5.74) is 1.66. The molecule has 2 heterocycles. The molecule has 28 heavy (non-hydrogen) atoms. The zero-order valence-corrected chi connectivity index (χ0v) is 16.1. The van der Waals surface area contributed by atoms with E-state index in [1.165, 1.54) is 0 Å². The van der Waals surface area contributed by atoms with Crippen molar-refractivity contribution in [2.24, 2.45) is 5.92 Å². The van der Waals surface area contributed by atoms with Crippen LogP contribution in [0.1, 0.15) is 64.7 Å². The minimum absolute atomic E-state index is 0.137. The summed E-state index contributed by atoms with van der Waals surface area (Å²) >= 11 is 0. The lowest BCUT2D eigenvalue weighted by Crippen LogP contribution is -2.40. The summed E-state index contributed by atoms with van der Waals surface area (Å²) in [6, 6.07) is 8.49. The van der Waals surface area contributed by atoms with Crippen molar-refractivity contribution in [3.8, 4) is 0 Å². The number of carboxylic acids is 1. The highest BCUT2D eigenvalue weighted by atomic mass is 16.4. The predicted molar refractivity (Wildman–Crippen MR) is 105 cm³/mol. The molecule has 3 rings (SSSR count). The van der Waals surface area contributed by atoms with Crippen molar-refractivity contribution >= 4 is 11.9 Å². The second-order valence-corrected chi connectivity index (χ2v) is 7.71. The van der Waals surface area contributed by atoms with Gasteiger partial charge < -0.3 is 15.0 Å². The number of amides is 1. The molecule has 1 saturated heterocycles. The van der Waals surface area contributed by atoms with Crippen LogP contribution >= 0.6 is 0 Å². The van der Waals surface area contributed by atoms with Gasteiger partial charge in [-0.05, 0) is 48.9 Å². The molecule has 1 atom stereocenters. The Balaban J connectivity index is 1.76. The van der Waals surface area contributed by atoms with Gasteiger partial charge in [0.1, 0.15) is 5.69 Å². The van der Waals surface area contributed by atoms with Crippen LogP contribution < -0.4 is 5.69 Å². The Kier molecular flexibility index (Phi) is 5.92. The van der Waals surface area contributed by atoms with Crippen LogP contribution in [0.5, 0.6) is 0 Å². The summed E-state index contributed by atoms with van der Waals surface area (Å²) < 4.78 is 0. The number of benzene rings is 1. The van der Waals surface area contributed by atoms with Gasteiger partial charge in [0, 0.05) is 24.7 Å². The van der Waals surface area contributed by atoms with Crippen LogP contribution in [0.3, 0.4) is 0 Å². The van der Waals surface area contributed by atoms with Crippen LogP contribution in [0, 0.1) is 5.92 Å². The molecule has 7 heteroatoms. The zero-order chi connectivity index (χ0) is 20.3. The molecule has 148 valence electrons. The normalized spacial score (nSPS) is 17.0. The average molecular weight is 383 g/mol. The highest BCUT2D eigenvalue weighted by Gasteiger charge is 2.27. The van der Waals surface area contributed by atoms with Crippen molar-refractivity contribution in [3.63, 3.8) is 0 Å². The zero-order valence-electron chi connectivity index (χ0n) is 16.1. The van der Waals surface area contributed by atoms with E-state index in [2.05, 4.69) is 9.97 Å². The number of hydrogen-bond donors (Lipinski definition) is 2. The summed E-state index contributed by atoms with van der Waals surface area (Å²) in [4.78, 5) is 44.1. The van der Waals surface area contributed by atoms with Crippen LogP contribution in [0.4, 0.5) is 0 Å². The number of carboxylic acid groups (broad SMARTS) is 1. The first-order chi connectivity index (χ1) is 13.3. The summed E-state index contributed by atoms with van der Waals surface area (Å²) in [7, 11) is 0. The molecule has 1 aliphatic heterocycles. The minimum atomic E-state index is -0.954. The number of carbonyl (C=O) groups excluding carboxylic acids is 1. The van der Waals surface area contributed by atoms with E-state index in [0.717, 1.165) is 24.1 Å². The van der Waals surface area contributed by atoms with Crippen LogP contribution in [0.2, 0.25) is 0 Å². The van der Waals surface area contributed by atoms with Gasteiger partial charge in [0.2, 0.25) is 0 Å². The fraction of sp³-hybridized carbons (Fsp3) is 0.429. The molecule has 2 aromatic rings. The molecule has 1 fully saturated rings. The molecule has 0 spiro atoms. The third kappa shape index (κ3) is 4.65. The Morgan fingerprint density at radius 3 is 2.64 bits per heavy atom. The molecule has 1 amide bonds. The van der Waals surface area contributed by atoms with Gasteiger partial charge >= 0.3 is 11.7 Å². The standard InChI is InChI=1S/C21H25N3O4/c1-13(2)10-17-11-18(23-21(28)22-17)19(25)24-9-3-4-16(12-24)14-5-7-15(8-6-14)20(26)27/h5-8,11,13,16H,3-4,9-10,12H2,1-2H3,(H,26,27)(H,22,23,28)/t16-/m0/s1. The molecular formula is C21H25N3O4. The molecular weight excluding hydrogens is 358 g/mol. The number of aromatic carboxylic acids is 1. The summed E-state index contributed by atoms with van der Waals surface area (Å²) in [5, 5.41) is 9.04. The molecule has 0 aliphatic carbocycles.